The van der Waals surface area contributed by atoms with Crippen LogP contribution in [0, 0.1) is 0 Å². The summed E-state index contributed by atoms with van der Waals surface area (Å²) in [7, 11) is 3.45. The van der Waals surface area contributed by atoms with Gasteiger partial charge in [-0.1, -0.05) is 6.07 Å². The van der Waals surface area contributed by atoms with Crippen molar-refractivity contribution in [1.82, 2.24) is 15.5 Å². The molecule has 0 radical (unpaired) electrons. The fourth-order valence-electron chi connectivity index (χ4n) is 3.08. The molecule has 6 nitrogen and oxygen atoms in total. The molecule has 1 aromatic rings. The largest absolute Gasteiger partial charge is 0.493 e. The van der Waals surface area contributed by atoms with Crippen LogP contribution in [0.25, 0.3) is 0 Å². The second-order valence-electron chi connectivity index (χ2n) is 7.05. The van der Waals surface area contributed by atoms with E-state index in [-0.39, 0.29) is 0 Å². The predicted molar refractivity (Wildman–Crippen MR) is 114 cm³/mol. The molecule has 0 aliphatic heterocycles. The average Bonchev–Trinajstić information content (AvgIpc) is 2.64. The third-order valence-electron chi connectivity index (χ3n) is 4.42. The standard InChI is InChI=1S/C21H38N4O2/c1-8-27-19-11-10-18(14-20(19)26-7)15-24-21(22-6)23-12-9-13-25(16(2)3)17(4)5/h10-11,14,16-17H,8-9,12-13,15H2,1-7H3,(H2,22,23,24). The summed E-state index contributed by atoms with van der Waals surface area (Å²) in [4.78, 5) is 6.81. The first-order valence-electron chi connectivity index (χ1n) is 9.92. The van der Waals surface area contributed by atoms with Crippen molar-refractivity contribution in [2.24, 2.45) is 4.99 Å². The number of ether oxygens (including phenoxy) is 2. The molecule has 1 rings (SSSR count). The lowest BCUT2D eigenvalue weighted by atomic mass is 10.2. The molecule has 154 valence electrons. The Morgan fingerprint density at radius 1 is 1.11 bits per heavy atom. The molecule has 0 atom stereocenters. The van der Waals surface area contributed by atoms with Crippen LogP contribution in [0.15, 0.2) is 23.2 Å². The maximum atomic E-state index is 5.56. The number of nitrogens with one attached hydrogen (secondary N) is 2. The number of aliphatic imine (C=N–C) groups is 1. The zero-order valence-electron chi connectivity index (χ0n) is 18.1. The molecule has 27 heavy (non-hydrogen) atoms. The topological polar surface area (TPSA) is 58.1 Å². The van der Waals surface area contributed by atoms with Gasteiger partial charge in [-0.2, -0.15) is 0 Å². The van der Waals surface area contributed by atoms with Crippen molar-refractivity contribution in [3.63, 3.8) is 0 Å². The molecule has 0 saturated carbocycles. The van der Waals surface area contributed by atoms with E-state index in [1.807, 2.05) is 25.1 Å². The van der Waals surface area contributed by atoms with Gasteiger partial charge >= 0.3 is 0 Å². The van der Waals surface area contributed by atoms with Crippen LogP contribution in [0.2, 0.25) is 0 Å². The zero-order chi connectivity index (χ0) is 20.2. The Morgan fingerprint density at radius 3 is 2.37 bits per heavy atom. The summed E-state index contributed by atoms with van der Waals surface area (Å²) in [6, 6.07) is 7.11. The monoisotopic (exact) mass is 378 g/mol. The highest BCUT2D eigenvalue weighted by Crippen LogP contribution is 2.27. The summed E-state index contributed by atoms with van der Waals surface area (Å²) in [5, 5.41) is 6.74. The molecule has 0 spiro atoms. The average molecular weight is 379 g/mol. The lowest BCUT2D eigenvalue weighted by molar-refractivity contribution is 0.173. The third kappa shape index (κ3) is 8.08. The first-order chi connectivity index (χ1) is 12.9. The number of hydrogen-bond acceptors (Lipinski definition) is 4. The zero-order valence-corrected chi connectivity index (χ0v) is 18.1. The molecule has 0 aliphatic rings. The van der Waals surface area contributed by atoms with Gasteiger partial charge < -0.3 is 20.1 Å². The van der Waals surface area contributed by atoms with Crippen molar-refractivity contribution in [2.75, 3.05) is 33.9 Å². The minimum Gasteiger partial charge on any atom is -0.493 e. The Balaban J connectivity index is 2.46. The number of methoxy groups -OCH3 is 1. The molecular weight excluding hydrogens is 340 g/mol. The number of guanidine groups is 1. The van der Waals surface area contributed by atoms with Gasteiger partial charge in [0.2, 0.25) is 0 Å². The molecule has 1 aromatic carbocycles. The van der Waals surface area contributed by atoms with Crippen LogP contribution < -0.4 is 20.1 Å². The van der Waals surface area contributed by atoms with Gasteiger partial charge in [0.15, 0.2) is 17.5 Å². The SMILES string of the molecule is CCOc1ccc(CNC(=NC)NCCCN(C(C)C)C(C)C)cc1OC. The van der Waals surface area contributed by atoms with Gasteiger partial charge in [-0.3, -0.25) is 9.89 Å². The van der Waals surface area contributed by atoms with Crippen LogP contribution in [-0.2, 0) is 6.54 Å². The highest BCUT2D eigenvalue weighted by Gasteiger charge is 2.12. The molecule has 0 aliphatic carbocycles. The van der Waals surface area contributed by atoms with Crippen molar-refractivity contribution in [3.05, 3.63) is 23.8 Å². The van der Waals surface area contributed by atoms with Gasteiger partial charge in [-0.25, -0.2) is 0 Å². The van der Waals surface area contributed by atoms with Crippen LogP contribution in [0.3, 0.4) is 0 Å². The number of benzene rings is 1. The fraction of sp³-hybridized carbons (Fsp3) is 0.667. The quantitative estimate of drug-likeness (QED) is 0.352. The Morgan fingerprint density at radius 2 is 1.81 bits per heavy atom. The van der Waals surface area contributed by atoms with Gasteiger partial charge in [0.1, 0.15) is 0 Å². The highest BCUT2D eigenvalue weighted by molar-refractivity contribution is 5.79. The van der Waals surface area contributed by atoms with E-state index in [1.54, 1.807) is 14.2 Å². The van der Waals surface area contributed by atoms with Gasteiger partial charge in [0, 0.05) is 38.8 Å². The second-order valence-corrected chi connectivity index (χ2v) is 7.05. The summed E-state index contributed by atoms with van der Waals surface area (Å²) < 4.78 is 11.0. The number of rotatable bonds is 11. The first kappa shape index (κ1) is 23.1. The lowest BCUT2D eigenvalue weighted by Gasteiger charge is -2.30. The Labute approximate surface area is 165 Å². The maximum absolute atomic E-state index is 5.56. The van der Waals surface area contributed by atoms with E-state index in [0.717, 1.165) is 42.5 Å². The molecule has 6 heteroatoms. The summed E-state index contributed by atoms with van der Waals surface area (Å²) in [5.74, 6) is 2.33. The summed E-state index contributed by atoms with van der Waals surface area (Å²) >= 11 is 0. The van der Waals surface area contributed by atoms with E-state index in [1.165, 1.54) is 0 Å². The molecule has 2 N–H and O–H groups in total. The fourth-order valence-corrected chi connectivity index (χ4v) is 3.08. The Hall–Kier alpha value is -1.95. The van der Waals surface area contributed by atoms with Crippen molar-refractivity contribution in [3.8, 4) is 11.5 Å². The molecule has 0 fully saturated rings. The molecule has 0 aromatic heterocycles. The van der Waals surface area contributed by atoms with E-state index >= 15 is 0 Å². The molecular formula is C21H38N4O2. The van der Waals surface area contributed by atoms with Crippen LogP contribution in [-0.4, -0.2) is 56.8 Å². The number of nitrogens with zero attached hydrogens (tertiary/aromatic N) is 2. The summed E-state index contributed by atoms with van der Waals surface area (Å²) in [6.07, 6.45) is 1.08. The van der Waals surface area contributed by atoms with E-state index < -0.39 is 0 Å². The van der Waals surface area contributed by atoms with E-state index in [9.17, 15) is 0 Å². The minimum absolute atomic E-state index is 0.567. The van der Waals surface area contributed by atoms with Gasteiger partial charge in [-0.05, 0) is 58.7 Å². The highest BCUT2D eigenvalue weighted by atomic mass is 16.5. The molecule has 0 amide bonds. The van der Waals surface area contributed by atoms with E-state index in [4.69, 9.17) is 9.47 Å². The smallest absolute Gasteiger partial charge is 0.191 e. The number of hydrogen-bond donors (Lipinski definition) is 2. The van der Waals surface area contributed by atoms with E-state index in [2.05, 4.69) is 48.2 Å². The second kappa shape index (κ2) is 12.4. The lowest BCUT2D eigenvalue weighted by Crippen LogP contribution is -2.41. The Kier molecular flexibility index (Phi) is 10.6. The molecule has 0 bridgehead atoms. The van der Waals surface area contributed by atoms with Crippen molar-refractivity contribution >= 4 is 5.96 Å². The predicted octanol–water partition coefficient (Wildman–Crippen LogP) is 3.27. The molecule has 0 unspecified atom stereocenters. The third-order valence-corrected chi connectivity index (χ3v) is 4.42. The molecule has 0 heterocycles. The van der Waals surface area contributed by atoms with Crippen LogP contribution in [0.1, 0.15) is 46.6 Å². The first-order valence-corrected chi connectivity index (χ1v) is 9.92. The minimum atomic E-state index is 0.567. The normalized spacial score (nSPS) is 12.0. The van der Waals surface area contributed by atoms with Crippen LogP contribution >= 0.6 is 0 Å². The van der Waals surface area contributed by atoms with Crippen molar-refractivity contribution < 1.29 is 9.47 Å². The maximum Gasteiger partial charge on any atom is 0.191 e. The van der Waals surface area contributed by atoms with Gasteiger partial charge in [0.25, 0.3) is 0 Å². The van der Waals surface area contributed by atoms with Crippen LogP contribution in [0.4, 0.5) is 0 Å². The van der Waals surface area contributed by atoms with Gasteiger partial charge in [0.05, 0.1) is 13.7 Å². The van der Waals surface area contributed by atoms with Crippen molar-refractivity contribution in [2.45, 2.75) is 59.7 Å². The van der Waals surface area contributed by atoms with E-state index in [0.29, 0.717) is 25.2 Å². The Bertz CT molecular complexity index is 565. The molecule has 0 saturated heterocycles. The van der Waals surface area contributed by atoms with Crippen LogP contribution in [0.5, 0.6) is 11.5 Å². The summed E-state index contributed by atoms with van der Waals surface area (Å²) in [6.45, 7) is 14.2. The van der Waals surface area contributed by atoms with Gasteiger partial charge in [-0.15, -0.1) is 0 Å². The van der Waals surface area contributed by atoms with Crippen molar-refractivity contribution in [1.29, 1.82) is 0 Å². The summed E-state index contributed by atoms with van der Waals surface area (Å²) in [5.41, 5.74) is 1.11.